The molecule has 3 aromatic rings. The van der Waals surface area contributed by atoms with Gasteiger partial charge in [0.2, 0.25) is 5.88 Å². The average molecular weight is 510 g/mol. The van der Waals surface area contributed by atoms with Gasteiger partial charge in [0.25, 0.3) is 10.0 Å². The Kier molecular flexibility index (Phi) is 5.88. The van der Waals surface area contributed by atoms with E-state index < -0.39 is 16.1 Å². The summed E-state index contributed by atoms with van der Waals surface area (Å²) in [6.45, 7) is 1.08. The number of sulfonamides is 1. The highest BCUT2D eigenvalue weighted by molar-refractivity contribution is 7.90. The number of benzene rings is 1. The number of amides is 2. The minimum atomic E-state index is -4.18. The van der Waals surface area contributed by atoms with Crippen LogP contribution in [-0.2, 0) is 34.2 Å². The van der Waals surface area contributed by atoms with Crippen LogP contribution in [-0.4, -0.2) is 42.4 Å². The molecule has 2 amide bonds. The number of carbonyl (C=O) groups is 1. The van der Waals surface area contributed by atoms with E-state index in [1.165, 1.54) is 6.07 Å². The molecular formula is C25H27N5O5S. The predicted molar refractivity (Wildman–Crippen MR) is 131 cm³/mol. The van der Waals surface area contributed by atoms with E-state index in [-0.39, 0.29) is 17.7 Å². The fraction of sp³-hybridized carbons (Fsp3) is 0.400. The van der Waals surface area contributed by atoms with Crippen LogP contribution in [0.15, 0.2) is 41.6 Å². The Morgan fingerprint density at radius 1 is 1.06 bits per heavy atom. The van der Waals surface area contributed by atoms with Gasteiger partial charge in [-0.25, -0.2) is 14.5 Å². The Hall–Kier alpha value is -3.44. The van der Waals surface area contributed by atoms with Crippen LogP contribution >= 0.6 is 0 Å². The molecule has 1 fully saturated rings. The molecule has 1 aliphatic heterocycles. The fourth-order valence-electron chi connectivity index (χ4n) is 4.82. The van der Waals surface area contributed by atoms with Crippen LogP contribution in [0.3, 0.4) is 0 Å². The molecular weight excluding hydrogens is 482 g/mol. The van der Waals surface area contributed by atoms with Crippen LogP contribution in [0.2, 0.25) is 0 Å². The summed E-state index contributed by atoms with van der Waals surface area (Å²) in [5.74, 6) is 0.476. The summed E-state index contributed by atoms with van der Waals surface area (Å²) in [5, 5.41) is 6.95. The van der Waals surface area contributed by atoms with Gasteiger partial charge in [-0.2, -0.15) is 13.5 Å². The van der Waals surface area contributed by atoms with Gasteiger partial charge in [0.1, 0.15) is 0 Å². The Balaban J connectivity index is 1.39. The Morgan fingerprint density at radius 3 is 2.81 bits per heavy atom. The first-order chi connectivity index (χ1) is 17.5. The van der Waals surface area contributed by atoms with Crippen LogP contribution in [0, 0.1) is 0 Å². The van der Waals surface area contributed by atoms with Gasteiger partial charge in [-0.1, -0.05) is 12.1 Å². The number of pyridine rings is 1. The summed E-state index contributed by atoms with van der Waals surface area (Å²) in [7, 11) is -4.18. The second-order valence-corrected chi connectivity index (χ2v) is 11.0. The van der Waals surface area contributed by atoms with Crippen LogP contribution in [0.1, 0.15) is 48.5 Å². The quantitative estimate of drug-likeness (QED) is 0.514. The lowest BCUT2D eigenvalue weighted by Crippen LogP contribution is -2.35. The van der Waals surface area contributed by atoms with E-state index in [4.69, 9.17) is 9.47 Å². The first-order valence-corrected chi connectivity index (χ1v) is 13.7. The number of aryl methyl sites for hydroxylation is 1. The summed E-state index contributed by atoms with van der Waals surface area (Å²) >= 11 is 0. The number of nitrogens with one attached hydrogen (secondary N) is 2. The van der Waals surface area contributed by atoms with E-state index in [9.17, 15) is 13.2 Å². The van der Waals surface area contributed by atoms with Gasteiger partial charge in [0, 0.05) is 30.3 Å². The van der Waals surface area contributed by atoms with Crippen molar-refractivity contribution in [1.82, 2.24) is 19.5 Å². The molecule has 0 unspecified atom stereocenters. The average Bonchev–Trinajstić information content (AvgIpc) is 3.41. The monoisotopic (exact) mass is 509 g/mol. The van der Waals surface area contributed by atoms with Crippen molar-refractivity contribution < 1.29 is 22.7 Å². The number of fused-ring (bicyclic) bond motifs is 8. The van der Waals surface area contributed by atoms with E-state index in [0.717, 1.165) is 54.4 Å². The van der Waals surface area contributed by atoms with E-state index in [2.05, 4.69) is 26.2 Å². The van der Waals surface area contributed by atoms with Crippen molar-refractivity contribution in [3.8, 4) is 17.0 Å². The predicted octanol–water partition coefficient (Wildman–Crippen LogP) is 3.58. The third-order valence-corrected chi connectivity index (χ3v) is 7.89. The van der Waals surface area contributed by atoms with Crippen LogP contribution in [0.4, 0.5) is 10.5 Å². The van der Waals surface area contributed by atoms with Crippen molar-refractivity contribution in [2.45, 2.75) is 56.2 Å². The SMILES string of the molecule is O=C1Nc2c(ccc3c2CCC3)-c2ccnc(c2)OCCCOCc2cc(nn2C2CC2)S(=O)(=O)N1. The van der Waals surface area contributed by atoms with Gasteiger partial charge < -0.3 is 14.8 Å². The number of anilines is 1. The number of urea groups is 1. The molecule has 0 radical (unpaired) electrons. The molecule has 188 valence electrons. The van der Waals surface area contributed by atoms with Crippen LogP contribution in [0.25, 0.3) is 11.1 Å². The van der Waals surface area contributed by atoms with Crippen molar-refractivity contribution in [2.75, 3.05) is 18.5 Å². The maximum atomic E-state index is 13.1. The topological polar surface area (TPSA) is 124 Å². The second kappa shape index (κ2) is 9.21. The molecule has 10 nitrogen and oxygen atoms in total. The van der Waals surface area contributed by atoms with Crippen molar-refractivity contribution in [3.63, 3.8) is 0 Å². The number of ether oxygens (including phenoxy) is 2. The van der Waals surface area contributed by atoms with Gasteiger partial charge in [-0.05, 0) is 54.9 Å². The van der Waals surface area contributed by atoms with E-state index in [1.54, 1.807) is 10.9 Å². The molecule has 2 aliphatic carbocycles. The van der Waals surface area contributed by atoms with Gasteiger partial charge in [-0.3, -0.25) is 4.68 Å². The second-order valence-electron chi connectivity index (χ2n) is 9.33. The molecule has 3 heterocycles. The van der Waals surface area contributed by atoms with Gasteiger partial charge in [0.05, 0.1) is 37.2 Å². The van der Waals surface area contributed by atoms with Crippen molar-refractivity contribution in [2.24, 2.45) is 0 Å². The van der Waals surface area contributed by atoms with E-state index in [1.807, 2.05) is 18.2 Å². The van der Waals surface area contributed by atoms with Crippen LogP contribution < -0.4 is 14.8 Å². The number of nitrogens with zero attached hydrogens (tertiary/aromatic N) is 3. The van der Waals surface area contributed by atoms with Crippen LogP contribution in [0.5, 0.6) is 5.88 Å². The summed E-state index contributed by atoms with van der Waals surface area (Å²) in [5.41, 5.74) is 5.04. The minimum absolute atomic E-state index is 0.158. The lowest BCUT2D eigenvalue weighted by atomic mass is 9.98. The molecule has 1 aromatic carbocycles. The van der Waals surface area contributed by atoms with Gasteiger partial charge >= 0.3 is 6.03 Å². The van der Waals surface area contributed by atoms with E-state index >= 15 is 0 Å². The van der Waals surface area contributed by atoms with Gasteiger partial charge in [-0.15, -0.1) is 0 Å². The van der Waals surface area contributed by atoms with Crippen molar-refractivity contribution in [3.05, 3.63) is 53.3 Å². The lowest BCUT2D eigenvalue weighted by molar-refractivity contribution is 0.101. The third-order valence-electron chi connectivity index (χ3n) is 6.69. The molecule has 0 atom stereocenters. The smallest absolute Gasteiger partial charge is 0.333 e. The zero-order chi connectivity index (χ0) is 24.7. The highest BCUT2D eigenvalue weighted by atomic mass is 32.2. The summed E-state index contributed by atoms with van der Waals surface area (Å²) in [6, 6.07) is 8.49. The summed E-state index contributed by atoms with van der Waals surface area (Å²) in [6.07, 6.45) is 6.87. The number of aromatic nitrogens is 3. The molecule has 6 rings (SSSR count). The zero-order valence-electron chi connectivity index (χ0n) is 19.7. The molecule has 2 aromatic heterocycles. The normalized spacial score (nSPS) is 19.6. The molecule has 11 heteroatoms. The number of carbonyl (C=O) groups excluding carboxylic acids is 1. The van der Waals surface area contributed by atoms with Crippen molar-refractivity contribution in [1.29, 1.82) is 0 Å². The molecule has 1 saturated carbocycles. The van der Waals surface area contributed by atoms with Gasteiger partial charge in [0.15, 0.2) is 5.03 Å². The maximum absolute atomic E-state index is 13.1. The molecule has 0 spiro atoms. The first-order valence-electron chi connectivity index (χ1n) is 12.2. The number of hydrogen-bond donors (Lipinski definition) is 2. The highest BCUT2D eigenvalue weighted by Gasteiger charge is 2.31. The zero-order valence-corrected chi connectivity index (χ0v) is 20.5. The summed E-state index contributed by atoms with van der Waals surface area (Å²) < 4.78 is 41.7. The number of hydrogen-bond acceptors (Lipinski definition) is 7. The standard InChI is InChI=1S/C25H27N5O5S/c31-25-27-24-20-4-1-3-16(20)5-8-21(24)17-9-10-26-22(13-17)35-12-2-11-34-15-19-14-23(36(32,33)29-25)28-30(19)18-6-7-18/h5,8-10,13-14,18H,1-4,6-7,11-12,15H2,(H2,27,29,31). The molecule has 0 saturated heterocycles. The molecule has 3 aliphatic rings. The largest absolute Gasteiger partial charge is 0.478 e. The van der Waals surface area contributed by atoms with E-state index in [0.29, 0.717) is 36.9 Å². The Labute approximate surface area is 209 Å². The number of rotatable bonds is 1. The highest BCUT2D eigenvalue weighted by Crippen LogP contribution is 2.38. The Morgan fingerprint density at radius 2 is 1.94 bits per heavy atom. The maximum Gasteiger partial charge on any atom is 0.333 e. The summed E-state index contributed by atoms with van der Waals surface area (Å²) in [4.78, 5) is 17.3. The fourth-order valence-corrected chi connectivity index (χ4v) is 5.70. The molecule has 2 N–H and O–H groups in total. The Bertz CT molecular complexity index is 1430. The third kappa shape index (κ3) is 4.56. The lowest BCUT2D eigenvalue weighted by Gasteiger charge is -2.17. The first kappa shape index (κ1) is 23.0. The molecule has 4 bridgehead atoms. The van der Waals surface area contributed by atoms with Crippen molar-refractivity contribution >= 4 is 21.7 Å². The minimum Gasteiger partial charge on any atom is -0.478 e. The molecule has 36 heavy (non-hydrogen) atoms.